The Morgan fingerprint density at radius 2 is 1.85 bits per heavy atom. The Morgan fingerprint density at radius 3 is 2.30 bits per heavy atom. The zero-order valence-corrected chi connectivity index (χ0v) is 14.7. The normalized spacial score (nSPS) is 13.8. The molecule has 0 heterocycles. The maximum absolute atomic E-state index is 12.7. The summed E-state index contributed by atoms with van der Waals surface area (Å²) >= 11 is 17.9. The molecule has 7 heteroatoms. The number of nitrogens with zero attached hydrogens (tertiary/aromatic N) is 1. The number of rotatable bonds is 6. The van der Waals surface area contributed by atoms with Crippen molar-refractivity contribution in [2.45, 2.75) is 44.0 Å². The van der Waals surface area contributed by atoms with E-state index in [4.69, 9.17) is 34.8 Å². The van der Waals surface area contributed by atoms with Crippen LogP contribution in [0.5, 0.6) is 0 Å². The van der Waals surface area contributed by atoms with Crippen LogP contribution >= 0.6 is 34.8 Å². The molecule has 114 valence electrons. The number of hydrogen-bond donors (Lipinski definition) is 0. The third kappa shape index (κ3) is 3.42. The van der Waals surface area contributed by atoms with Gasteiger partial charge < -0.3 is 0 Å². The van der Waals surface area contributed by atoms with Crippen LogP contribution < -0.4 is 0 Å². The fraction of sp³-hybridized carbons (Fsp3) is 0.538. The summed E-state index contributed by atoms with van der Waals surface area (Å²) in [5, 5.41) is 0.477. The van der Waals surface area contributed by atoms with Crippen molar-refractivity contribution in [3.63, 3.8) is 0 Å². The summed E-state index contributed by atoms with van der Waals surface area (Å²) in [5.74, 6) is 0.0660. The second kappa shape index (κ2) is 7.32. The quantitative estimate of drug-likeness (QED) is 0.700. The minimum absolute atomic E-state index is 0.0568. The molecule has 0 saturated carbocycles. The summed E-state index contributed by atoms with van der Waals surface area (Å²) in [6, 6.07) is 2.85. The molecular formula is C13H18Cl3NO2S. The van der Waals surface area contributed by atoms with E-state index in [9.17, 15) is 8.42 Å². The summed E-state index contributed by atoms with van der Waals surface area (Å²) < 4.78 is 26.9. The van der Waals surface area contributed by atoms with Crippen LogP contribution in [-0.4, -0.2) is 25.3 Å². The second-order valence-electron chi connectivity index (χ2n) is 4.44. The monoisotopic (exact) mass is 357 g/mol. The molecule has 0 amide bonds. The Hall–Kier alpha value is -0.000000000000000167. The SMILES string of the molecule is CCC(C)N(CC)S(=O)(=O)c1ccc(Cl)c(CCl)c1Cl. The van der Waals surface area contributed by atoms with E-state index in [1.807, 2.05) is 13.8 Å². The molecule has 1 aromatic carbocycles. The van der Waals surface area contributed by atoms with Gasteiger partial charge in [0.15, 0.2) is 0 Å². The van der Waals surface area contributed by atoms with Crippen LogP contribution in [0.25, 0.3) is 0 Å². The highest BCUT2D eigenvalue weighted by atomic mass is 35.5. The minimum Gasteiger partial charge on any atom is -0.207 e. The summed E-state index contributed by atoms with van der Waals surface area (Å²) in [6.45, 7) is 5.99. The van der Waals surface area contributed by atoms with E-state index in [1.165, 1.54) is 16.4 Å². The number of alkyl halides is 1. The predicted molar refractivity (Wildman–Crippen MR) is 85.3 cm³/mol. The summed E-state index contributed by atoms with van der Waals surface area (Å²) in [7, 11) is -3.66. The highest BCUT2D eigenvalue weighted by molar-refractivity contribution is 7.89. The van der Waals surface area contributed by atoms with Gasteiger partial charge in [-0.25, -0.2) is 8.42 Å². The molecule has 0 saturated heterocycles. The molecule has 1 aromatic rings. The fourth-order valence-corrected chi connectivity index (χ4v) is 4.96. The van der Waals surface area contributed by atoms with Crippen molar-refractivity contribution in [3.8, 4) is 0 Å². The van der Waals surface area contributed by atoms with Crippen LogP contribution in [0, 0.1) is 0 Å². The first kappa shape index (κ1) is 18.1. The molecule has 0 bridgehead atoms. The van der Waals surface area contributed by atoms with Crippen molar-refractivity contribution in [1.29, 1.82) is 0 Å². The largest absolute Gasteiger partial charge is 0.244 e. The second-order valence-corrected chi connectivity index (χ2v) is 7.35. The third-order valence-corrected chi connectivity index (χ3v) is 6.56. The van der Waals surface area contributed by atoms with Crippen molar-refractivity contribution in [2.24, 2.45) is 0 Å². The average Bonchev–Trinajstić information content (AvgIpc) is 2.39. The smallest absolute Gasteiger partial charge is 0.207 e. The van der Waals surface area contributed by atoms with Gasteiger partial charge in [-0.15, -0.1) is 11.6 Å². The lowest BCUT2D eigenvalue weighted by atomic mass is 10.2. The van der Waals surface area contributed by atoms with Gasteiger partial charge in [-0.05, 0) is 25.5 Å². The predicted octanol–water partition coefficient (Wildman–Crippen LogP) is 4.54. The number of benzene rings is 1. The molecule has 0 aliphatic carbocycles. The molecule has 0 radical (unpaired) electrons. The van der Waals surface area contributed by atoms with Gasteiger partial charge >= 0.3 is 0 Å². The Balaban J connectivity index is 3.43. The first-order valence-electron chi connectivity index (χ1n) is 6.35. The molecule has 0 aliphatic rings. The molecular weight excluding hydrogens is 341 g/mol. The lowest BCUT2D eigenvalue weighted by Gasteiger charge is -2.27. The maximum Gasteiger partial charge on any atom is 0.244 e. The average molecular weight is 359 g/mol. The third-order valence-electron chi connectivity index (χ3n) is 3.26. The van der Waals surface area contributed by atoms with Gasteiger partial charge in [0.1, 0.15) is 4.90 Å². The summed E-state index contributed by atoms with van der Waals surface area (Å²) in [4.78, 5) is 0.0568. The van der Waals surface area contributed by atoms with E-state index in [0.29, 0.717) is 17.1 Å². The van der Waals surface area contributed by atoms with Crippen molar-refractivity contribution < 1.29 is 8.42 Å². The molecule has 0 N–H and O–H groups in total. The van der Waals surface area contributed by atoms with Crippen molar-refractivity contribution in [3.05, 3.63) is 27.7 Å². The molecule has 1 rings (SSSR count). The number of hydrogen-bond acceptors (Lipinski definition) is 2. The Labute approximate surface area is 135 Å². The van der Waals surface area contributed by atoms with E-state index >= 15 is 0 Å². The summed E-state index contributed by atoms with van der Waals surface area (Å²) in [5.41, 5.74) is 0.441. The lowest BCUT2D eigenvalue weighted by molar-refractivity contribution is 0.342. The van der Waals surface area contributed by atoms with E-state index in [2.05, 4.69) is 0 Å². The van der Waals surface area contributed by atoms with E-state index < -0.39 is 10.0 Å². The van der Waals surface area contributed by atoms with Crippen LogP contribution in [0.15, 0.2) is 17.0 Å². The number of halogens is 3. The highest BCUT2D eigenvalue weighted by Crippen LogP contribution is 2.34. The lowest BCUT2D eigenvalue weighted by Crippen LogP contribution is -2.38. The molecule has 1 atom stereocenters. The molecule has 0 fully saturated rings. The van der Waals surface area contributed by atoms with E-state index in [-0.39, 0.29) is 21.8 Å². The topological polar surface area (TPSA) is 37.4 Å². The molecule has 20 heavy (non-hydrogen) atoms. The van der Waals surface area contributed by atoms with Gasteiger partial charge in [0.25, 0.3) is 0 Å². The van der Waals surface area contributed by atoms with Gasteiger partial charge in [0, 0.05) is 23.2 Å². The Kier molecular flexibility index (Phi) is 6.61. The molecule has 0 aromatic heterocycles. The van der Waals surface area contributed by atoms with Crippen molar-refractivity contribution in [1.82, 2.24) is 4.31 Å². The Bertz CT molecular complexity index is 575. The fourth-order valence-electron chi connectivity index (χ4n) is 1.95. The van der Waals surface area contributed by atoms with Crippen molar-refractivity contribution >= 4 is 44.8 Å². The van der Waals surface area contributed by atoms with E-state index in [0.717, 1.165) is 6.42 Å². The van der Waals surface area contributed by atoms with E-state index in [1.54, 1.807) is 6.92 Å². The van der Waals surface area contributed by atoms with Crippen LogP contribution in [0.4, 0.5) is 0 Å². The van der Waals surface area contributed by atoms with Crippen LogP contribution in [-0.2, 0) is 15.9 Å². The van der Waals surface area contributed by atoms with Crippen LogP contribution in [0.3, 0.4) is 0 Å². The first-order valence-corrected chi connectivity index (χ1v) is 9.08. The van der Waals surface area contributed by atoms with Crippen molar-refractivity contribution in [2.75, 3.05) is 6.54 Å². The minimum atomic E-state index is -3.66. The molecule has 0 spiro atoms. The zero-order valence-electron chi connectivity index (χ0n) is 11.7. The molecule has 3 nitrogen and oxygen atoms in total. The van der Waals surface area contributed by atoms with Gasteiger partial charge in [-0.3, -0.25) is 0 Å². The Morgan fingerprint density at radius 1 is 1.25 bits per heavy atom. The molecule has 0 aliphatic heterocycles. The van der Waals surface area contributed by atoms with Gasteiger partial charge in [0.05, 0.1) is 10.9 Å². The zero-order chi connectivity index (χ0) is 15.5. The van der Waals surface area contributed by atoms with Gasteiger partial charge in [-0.1, -0.05) is 37.0 Å². The first-order chi connectivity index (χ1) is 9.31. The molecule has 1 unspecified atom stereocenters. The van der Waals surface area contributed by atoms with Gasteiger partial charge in [0.2, 0.25) is 10.0 Å². The standard InChI is InChI=1S/C13H18Cl3NO2S/c1-4-9(3)17(5-2)20(18,19)12-7-6-11(15)10(8-14)13(12)16/h6-7,9H,4-5,8H2,1-3H3. The number of sulfonamides is 1. The van der Waals surface area contributed by atoms with Gasteiger partial charge in [-0.2, -0.15) is 4.31 Å². The van der Waals surface area contributed by atoms with Crippen LogP contribution in [0.2, 0.25) is 10.0 Å². The summed E-state index contributed by atoms with van der Waals surface area (Å²) in [6.07, 6.45) is 0.723. The van der Waals surface area contributed by atoms with Crippen LogP contribution in [0.1, 0.15) is 32.8 Å². The maximum atomic E-state index is 12.7. The highest BCUT2D eigenvalue weighted by Gasteiger charge is 2.30.